The van der Waals surface area contributed by atoms with Crippen molar-refractivity contribution >= 4 is 0 Å². The largest absolute Gasteiger partial charge is 0.377 e. The molecule has 2 rings (SSSR count). The van der Waals surface area contributed by atoms with Crippen molar-refractivity contribution in [2.24, 2.45) is 0 Å². The van der Waals surface area contributed by atoms with Crippen LogP contribution in [0.5, 0.6) is 0 Å². The van der Waals surface area contributed by atoms with Gasteiger partial charge in [0.1, 0.15) is 0 Å². The van der Waals surface area contributed by atoms with Gasteiger partial charge >= 0.3 is 0 Å². The molecule has 1 N–H and O–H groups in total. The molecule has 14 heavy (non-hydrogen) atoms. The van der Waals surface area contributed by atoms with E-state index in [-0.39, 0.29) is 5.54 Å². The van der Waals surface area contributed by atoms with Crippen molar-refractivity contribution < 1.29 is 4.74 Å². The van der Waals surface area contributed by atoms with Crippen molar-refractivity contribution in [3.05, 3.63) is 35.4 Å². The van der Waals surface area contributed by atoms with Gasteiger partial charge in [0.15, 0.2) is 0 Å². The summed E-state index contributed by atoms with van der Waals surface area (Å²) in [6.07, 6.45) is 0. The van der Waals surface area contributed by atoms with Gasteiger partial charge in [0.05, 0.1) is 18.8 Å². The third-order valence-corrected chi connectivity index (χ3v) is 2.78. The molecular formula is C12H17NO. The molecule has 0 aliphatic carbocycles. The van der Waals surface area contributed by atoms with Gasteiger partial charge in [-0.1, -0.05) is 36.8 Å². The van der Waals surface area contributed by atoms with Crippen LogP contribution in [0.2, 0.25) is 0 Å². The van der Waals surface area contributed by atoms with Crippen LogP contribution in [0, 0.1) is 6.92 Å². The average Bonchev–Trinajstić information content (AvgIpc) is 2.11. The van der Waals surface area contributed by atoms with Crippen molar-refractivity contribution in [2.75, 3.05) is 19.8 Å². The molecule has 1 aromatic carbocycles. The summed E-state index contributed by atoms with van der Waals surface area (Å²) in [6.45, 7) is 6.84. The molecule has 2 heteroatoms. The highest BCUT2D eigenvalue weighted by molar-refractivity contribution is 5.30. The lowest BCUT2D eigenvalue weighted by Crippen LogP contribution is -2.57. The maximum absolute atomic E-state index is 5.32. The van der Waals surface area contributed by atoms with Crippen LogP contribution in [-0.4, -0.2) is 19.8 Å². The van der Waals surface area contributed by atoms with Crippen LogP contribution in [0.25, 0.3) is 0 Å². The molecule has 1 heterocycles. The molecular weight excluding hydrogens is 174 g/mol. The van der Waals surface area contributed by atoms with Crippen LogP contribution in [0.1, 0.15) is 18.1 Å². The quantitative estimate of drug-likeness (QED) is 0.787. The van der Waals surface area contributed by atoms with Gasteiger partial charge in [0.2, 0.25) is 0 Å². The topological polar surface area (TPSA) is 21.3 Å². The molecule has 2 nitrogen and oxygen atoms in total. The summed E-state index contributed by atoms with van der Waals surface area (Å²) in [5.74, 6) is 0. The fourth-order valence-corrected chi connectivity index (χ4v) is 1.96. The minimum Gasteiger partial charge on any atom is -0.377 e. The lowest BCUT2D eigenvalue weighted by atomic mass is 9.87. The van der Waals surface area contributed by atoms with E-state index < -0.39 is 0 Å². The minimum atomic E-state index is 0.0841. The first-order valence-electron chi connectivity index (χ1n) is 5.17. The Morgan fingerprint density at radius 3 is 2.71 bits per heavy atom. The molecule has 1 aliphatic heterocycles. The third-order valence-electron chi connectivity index (χ3n) is 2.78. The molecule has 1 fully saturated rings. The van der Waals surface area contributed by atoms with Crippen molar-refractivity contribution in [1.29, 1.82) is 0 Å². The van der Waals surface area contributed by atoms with E-state index in [0.717, 1.165) is 19.8 Å². The van der Waals surface area contributed by atoms with Crippen LogP contribution in [0.15, 0.2) is 24.3 Å². The zero-order valence-electron chi connectivity index (χ0n) is 8.84. The van der Waals surface area contributed by atoms with E-state index in [2.05, 4.69) is 43.4 Å². The predicted molar refractivity (Wildman–Crippen MR) is 57.4 cm³/mol. The second-order valence-electron chi connectivity index (χ2n) is 3.97. The van der Waals surface area contributed by atoms with Crippen LogP contribution < -0.4 is 5.32 Å². The highest BCUT2D eigenvalue weighted by atomic mass is 16.5. The molecule has 0 bridgehead atoms. The zero-order chi connectivity index (χ0) is 10.0. The standard InChI is InChI=1S/C12H17NO/c1-3-13-12(8-14-9-12)11-6-4-5-10(2)7-11/h4-7,13H,3,8-9H2,1-2H3. The van der Waals surface area contributed by atoms with Gasteiger partial charge in [-0.25, -0.2) is 0 Å². The Kier molecular flexibility index (Phi) is 2.57. The molecule has 0 unspecified atom stereocenters. The summed E-state index contributed by atoms with van der Waals surface area (Å²) in [7, 11) is 0. The van der Waals surface area contributed by atoms with Gasteiger partial charge in [0.25, 0.3) is 0 Å². The maximum Gasteiger partial charge on any atom is 0.0908 e. The van der Waals surface area contributed by atoms with Gasteiger partial charge in [-0.3, -0.25) is 0 Å². The van der Waals surface area contributed by atoms with Crippen molar-refractivity contribution in [3.63, 3.8) is 0 Å². The van der Waals surface area contributed by atoms with Crippen LogP contribution >= 0.6 is 0 Å². The van der Waals surface area contributed by atoms with Crippen molar-refractivity contribution in [3.8, 4) is 0 Å². The summed E-state index contributed by atoms with van der Waals surface area (Å²) < 4.78 is 5.32. The first-order valence-corrected chi connectivity index (χ1v) is 5.17. The van der Waals surface area contributed by atoms with Gasteiger partial charge in [-0.05, 0) is 19.0 Å². The monoisotopic (exact) mass is 191 g/mol. The number of hydrogen-bond acceptors (Lipinski definition) is 2. The molecule has 1 saturated heterocycles. The van der Waals surface area contributed by atoms with E-state index >= 15 is 0 Å². The predicted octanol–water partition coefficient (Wildman–Crippen LogP) is 1.83. The second-order valence-corrected chi connectivity index (χ2v) is 3.97. The van der Waals surface area contributed by atoms with Crippen molar-refractivity contribution in [1.82, 2.24) is 5.32 Å². The summed E-state index contributed by atoms with van der Waals surface area (Å²) in [6, 6.07) is 8.66. The Balaban J connectivity index is 2.27. The van der Waals surface area contributed by atoms with E-state index in [1.54, 1.807) is 0 Å². The van der Waals surface area contributed by atoms with E-state index in [1.807, 2.05) is 0 Å². The molecule has 1 aromatic rings. The number of ether oxygens (including phenoxy) is 1. The van der Waals surface area contributed by atoms with Crippen LogP contribution in [0.3, 0.4) is 0 Å². The summed E-state index contributed by atoms with van der Waals surface area (Å²) in [5.41, 5.74) is 2.75. The number of benzene rings is 1. The molecule has 76 valence electrons. The average molecular weight is 191 g/mol. The fourth-order valence-electron chi connectivity index (χ4n) is 1.96. The van der Waals surface area contributed by atoms with Gasteiger partial charge in [-0.15, -0.1) is 0 Å². The molecule has 0 saturated carbocycles. The smallest absolute Gasteiger partial charge is 0.0908 e. The summed E-state index contributed by atoms with van der Waals surface area (Å²) >= 11 is 0. The maximum atomic E-state index is 5.32. The third kappa shape index (κ3) is 1.56. The first-order chi connectivity index (χ1) is 6.77. The molecule has 0 spiro atoms. The minimum absolute atomic E-state index is 0.0841. The van der Waals surface area contributed by atoms with E-state index in [0.29, 0.717) is 0 Å². The molecule has 0 amide bonds. The van der Waals surface area contributed by atoms with E-state index in [4.69, 9.17) is 4.74 Å². The lowest BCUT2D eigenvalue weighted by molar-refractivity contribution is -0.0777. The Morgan fingerprint density at radius 2 is 2.21 bits per heavy atom. The SMILES string of the molecule is CCNC1(c2cccc(C)c2)COC1. The number of hydrogen-bond donors (Lipinski definition) is 1. The Labute approximate surface area is 85.3 Å². The first kappa shape index (κ1) is 9.69. The van der Waals surface area contributed by atoms with Crippen molar-refractivity contribution in [2.45, 2.75) is 19.4 Å². The number of aryl methyl sites for hydroxylation is 1. The molecule has 0 atom stereocenters. The summed E-state index contributed by atoms with van der Waals surface area (Å²) in [5, 5.41) is 3.51. The van der Waals surface area contributed by atoms with E-state index in [9.17, 15) is 0 Å². The lowest BCUT2D eigenvalue weighted by Gasteiger charge is -2.42. The fraction of sp³-hybridized carbons (Fsp3) is 0.500. The van der Waals surface area contributed by atoms with Crippen LogP contribution in [-0.2, 0) is 10.3 Å². The van der Waals surface area contributed by atoms with Gasteiger partial charge < -0.3 is 10.1 Å². The molecule has 0 aromatic heterocycles. The second kappa shape index (κ2) is 3.71. The Morgan fingerprint density at radius 1 is 1.43 bits per heavy atom. The van der Waals surface area contributed by atoms with E-state index in [1.165, 1.54) is 11.1 Å². The Bertz CT molecular complexity index is 318. The zero-order valence-corrected chi connectivity index (χ0v) is 8.84. The highest BCUT2D eigenvalue weighted by Crippen LogP contribution is 2.29. The number of nitrogens with one attached hydrogen (secondary N) is 1. The normalized spacial score (nSPS) is 19.0. The number of likely N-dealkylation sites (N-methyl/N-ethyl adjacent to an activating group) is 1. The Hall–Kier alpha value is -0.860. The van der Waals surface area contributed by atoms with Crippen LogP contribution in [0.4, 0.5) is 0 Å². The summed E-state index contributed by atoms with van der Waals surface area (Å²) in [4.78, 5) is 0. The van der Waals surface area contributed by atoms with Gasteiger partial charge in [-0.2, -0.15) is 0 Å². The molecule has 1 aliphatic rings. The highest BCUT2D eigenvalue weighted by Gasteiger charge is 2.39. The molecule has 0 radical (unpaired) electrons. The van der Waals surface area contributed by atoms with Gasteiger partial charge in [0, 0.05) is 0 Å². The number of rotatable bonds is 3.